The minimum Gasteiger partial charge on any atom is -0.494 e. The summed E-state index contributed by atoms with van der Waals surface area (Å²) in [6.45, 7) is 2.39. The minimum absolute atomic E-state index is 0.294. The maximum Gasteiger partial charge on any atom is 0.201 e. The topological polar surface area (TPSA) is 50.0 Å². The van der Waals surface area contributed by atoms with E-state index in [4.69, 9.17) is 4.74 Å². The predicted octanol–water partition coefficient (Wildman–Crippen LogP) is 3.35. The van der Waals surface area contributed by atoms with Gasteiger partial charge in [-0.05, 0) is 43.9 Å². The Morgan fingerprint density at radius 2 is 2.04 bits per heavy atom. The fourth-order valence-corrected chi connectivity index (χ4v) is 3.91. The summed E-state index contributed by atoms with van der Waals surface area (Å²) in [6, 6.07) is 6.74. The van der Waals surface area contributed by atoms with Crippen LogP contribution in [0.25, 0.3) is 10.9 Å². The van der Waals surface area contributed by atoms with Crippen molar-refractivity contribution in [1.82, 2.24) is 4.57 Å². The highest BCUT2D eigenvalue weighted by Crippen LogP contribution is 2.40. The summed E-state index contributed by atoms with van der Waals surface area (Å²) in [5, 5.41) is 12.2. The van der Waals surface area contributed by atoms with E-state index in [1.165, 1.54) is 0 Å². The van der Waals surface area contributed by atoms with E-state index in [-0.39, 0.29) is 0 Å². The minimum atomic E-state index is 0.294. The van der Waals surface area contributed by atoms with Gasteiger partial charge in [-0.1, -0.05) is 0 Å². The van der Waals surface area contributed by atoms with Crippen molar-refractivity contribution < 1.29 is 9.84 Å². The number of aromatic nitrogens is 1. The van der Waals surface area contributed by atoms with Crippen LogP contribution in [0.1, 0.15) is 37.3 Å². The summed E-state index contributed by atoms with van der Waals surface area (Å²) in [4.78, 5) is 6.75. The largest absolute Gasteiger partial charge is 0.494 e. The molecule has 0 radical (unpaired) electrons. The highest BCUT2D eigenvalue weighted by atomic mass is 16.5. The zero-order chi connectivity index (χ0) is 16.7. The van der Waals surface area contributed by atoms with Gasteiger partial charge < -0.3 is 19.3 Å². The van der Waals surface area contributed by atoms with Crippen LogP contribution in [-0.2, 0) is 4.74 Å². The molecule has 1 fully saturated rings. The first-order valence-electron chi connectivity index (χ1n) is 8.82. The van der Waals surface area contributed by atoms with E-state index < -0.39 is 0 Å². The molecule has 0 bridgehead atoms. The van der Waals surface area contributed by atoms with Gasteiger partial charge in [0.25, 0.3) is 0 Å². The van der Waals surface area contributed by atoms with E-state index in [0.29, 0.717) is 11.9 Å². The lowest BCUT2D eigenvalue weighted by atomic mass is 10.1. The number of hydrogen-bond acceptors (Lipinski definition) is 4. The second-order valence-electron chi connectivity index (χ2n) is 6.94. The van der Waals surface area contributed by atoms with Gasteiger partial charge in [-0.25, -0.2) is 0 Å². The van der Waals surface area contributed by atoms with Crippen LogP contribution in [0.4, 0.5) is 5.69 Å². The lowest BCUT2D eigenvalue weighted by Crippen LogP contribution is -2.19. The quantitative estimate of drug-likeness (QED) is 0.940. The number of aromatic hydroxyl groups is 1. The van der Waals surface area contributed by atoms with Crippen molar-refractivity contribution in [1.29, 1.82) is 0 Å². The normalized spacial score (nSPS) is 19.0. The first-order valence-corrected chi connectivity index (χ1v) is 8.82. The summed E-state index contributed by atoms with van der Waals surface area (Å²) >= 11 is 0. The molecule has 0 amide bonds. The van der Waals surface area contributed by atoms with Gasteiger partial charge in [-0.15, -0.1) is 0 Å². The number of anilines is 1. The molecule has 2 aliphatic heterocycles. The molecule has 0 spiro atoms. The number of rotatable bonds is 3. The van der Waals surface area contributed by atoms with E-state index in [1.807, 2.05) is 14.1 Å². The molecule has 0 aliphatic carbocycles. The van der Waals surface area contributed by atoms with Crippen molar-refractivity contribution in [2.45, 2.75) is 31.7 Å². The lowest BCUT2D eigenvalue weighted by Gasteiger charge is -2.25. The van der Waals surface area contributed by atoms with Crippen molar-refractivity contribution in [2.24, 2.45) is 4.99 Å². The highest BCUT2D eigenvalue weighted by molar-refractivity contribution is 6.14. The zero-order valence-electron chi connectivity index (χ0n) is 14.5. The Hall–Kier alpha value is -2.01. The van der Waals surface area contributed by atoms with Crippen LogP contribution in [0.3, 0.4) is 0 Å². The predicted molar refractivity (Wildman–Crippen MR) is 97.7 cm³/mol. The fourth-order valence-electron chi connectivity index (χ4n) is 3.91. The highest BCUT2D eigenvalue weighted by Gasteiger charge is 2.27. The molecule has 128 valence electrons. The molecule has 2 aromatic rings. The lowest BCUT2D eigenvalue weighted by molar-refractivity contribution is 0.0688. The molecular weight excluding hydrogens is 302 g/mol. The first kappa shape index (κ1) is 15.5. The van der Waals surface area contributed by atoms with E-state index in [2.05, 4.69) is 32.7 Å². The van der Waals surface area contributed by atoms with Crippen molar-refractivity contribution in [2.75, 3.05) is 38.8 Å². The third kappa shape index (κ3) is 2.47. The molecule has 4 rings (SSSR count). The van der Waals surface area contributed by atoms with Crippen LogP contribution in [-0.4, -0.2) is 49.2 Å². The molecule has 0 saturated carbocycles. The second kappa shape index (κ2) is 6.13. The number of fused-ring (bicyclic) bond motifs is 1. The van der Waals surface area contributed by atoms with Crippen molar-refractivity contribution in [3.8, 4) is 5.88 Å². The molecule has 2 aliphatic rings. The van der Waals surface area contributed by atoms with E-state index in [1.54, 1.807) is 0 Å². The molecule has 0 unspecified atom stereocenters. The Labute approximate surface area is 142 Å². The summed E-state index contributed by atoms with van der Waals surface area (Å²) in [6.07, 6.45) is 3.91. The van der Waals surface area contributed by atoms with Crippen LogP contribution in [0.5, 0.6) is 5.88 Å². The van der Waals surface area contributed by atoms with Gasteiger partial charge in [-0.3, -0.25) is 4.99 Å². The Balaban J connectivity index is 1.93. The van der Waals surface area contributed by atoms with Gasteiger partial charge in [0.2, 0.25) is 5.88 Å². The van der Waals surface area contributed by atoms with E-state index in [9.17, 15) is 5.11 Å². The maximum absolute atomic E-state index is 11.1. The Morgan fingerprint density at radius 1 is 1.25 bits per heavy atom. The maximum atomic E-state index is 11.1. The van der Waals surface area contributed by atoms with Crippen LogP contribution in [0, 0.1) is 0 Å². The van der Waals surface area contributed by atoms with Gasteiger partial charge in [0.15, 0.2) is 0 Å². The van der Waals surface area contributed by atoms with E-state index >= 15 is 0 Å². The molecule has 5 heteroatoms. The van der Waals surface area contributed by atoms with Gasteiger partial charge >= 0.3 is 0 Å². The van der Waals surface area contributed by atoms with Crippen molar-refractivity contribution in [3.05, 3.63) is 23.8 Å². The number of ether oxygens (including phenoxy) is 1. The first-order chi connectivity index (χ1) is 11.7. The molecule has 5 nitrogen and oxygen atoms in total. The molecule has 1 N–H and O–H groups in total. The summed E-state index contributed by atoms with van der Waals surface area (Å²) < 4.78 is 7.62. The Bertz CT molecular complexity index is 785. The summed E-state index contributed by atoms with van der Waals surface area (Å²) in [5.74, 6) is 0.383. The third-order valence-corrected chi connectivity index (χ3v) is 5.20. The number of nitrogens with zero attached hydrogens (tertiary/aromatic N) is 3. The van der Waals surface area contributed by atoms with E-state index in [0.717, 1.165) is 73.3 Å². The average Bonchev–Trinajstić information content (AvgIpc) is 3.20. The SMILES string of the molecule is CN(C)c1ccc2c(c1)c(C1=NCCC1)c(O)n2C1CCOCC1. The molecule has 1 saturated heterocycles. The van der Waals surface area contributed by atoms with Crippen LogP contribution >= 0.6 is 0 Å². The fraction of sp³-hybridized carbons (Fsp3) is 0.526. The monoisotopic (exact) mass is 327 g/mol. The van der Waals surface area contributed by atoms with Crippen LogP contribution < -0.4 is 4.90 Å². The smallest absolute Gasteiger partial charge is 0.201 e. The van der Waals surface area contributed by atoms with Gasteiger partial charge in [-0.2, -0.15) is 0 Å². The van der Waals surface area contributed by atoms with Crippen molar-refractivity contribution >= 4 is 22.3 Å². The summed E-state index contributed by atoms with van der Waals surface area (Å²) in [5.41, 5.74) is 4.25. The number of benzene rings is 1. The van der Waals surface area contributed by atoms with Crippen LogP contribution in [0.15, 0.2) is 23.2 Å². The standard InChI is InChI=1S/C19H25N3O2/c1-21(2)14-5-6-17-15(12-14)18(16-4-3-9-20-16)19(23)22(17)13-7-10-24-11-8-13/h5-6,12-13,23H,3-4,7-11H2,1-2H3. The molecule has 3 heterocycles. The number of aliphatic imine (C=N–C) groups is 1. The van der Waals surface area contributed by atoms with Crippen LogP contribution in [0.2, 0.25) is 0 Å². The molecular formula is C19H25N3O2. The average molecular weight is 327 g/mol. The van der Waals surface area contributed by atoms with Gasteiger partial charge in [0.05, 0.1) is 11.1 Å². The zero-order valence-corrected chi connectivity index (χ0v) is 14.5. The summed E-state index contributed by atoms with van der Waals surface area (Å²) in [7, 11) is 4.09. The molecule has 1 aromatic carbocycles. The molecule has 0 atom stereocenters. The molecule has 24 heavy (non-hydrogen) atoms. The van der Waals surface area contributed by atoms with Gasteiger partial charge in [0, 0.05) is 56.7 Å². The second-order valence-corrected chi connectivity index (χ2v) is 6.94. The van der Waals surface area contributed by atoms with Crippen molar-refractivity contribution in [3.63, 3.8) is 0 Å². The number of hydrogen-bond donors (Lipinski definition) is 1. The Morgan fingerprint density at radius 3 is 2.71 bits per heavy atom. The Kier molecular flexibility index (Phi) is 3.96. The third-order valence-electron chi connectivity index (χ3n) is 5.20. The molecule has 1 aromatic heterocycles. The van der Waals surface area contributed by atoms with Gasteiger partial charge in [0.1, 0.15) is 0 Å².